The van der Waals surface area contributed by atoms with Gasteiger partial charge in [0.05, 0.1) is 36.5 Å². The molecule has 3 aliphatic rings. The van der Waals surface area contributed by atoms with E-state index in [-0.39, 0.29) is 0 Å². The van der Waals surface area contributed by atoms with Crippen LogP contribution in [0.5, 0.6) is 17.2 Å². The van der Waals surface area contributed by atoms with Gasteiger partial charge in [0, 0.05) is 17.5 Å². The maximum Gasteiger partial charge on any atom is 0.275 e. The summed E-state index contributed by atoms with van der Waals surface area (Å²) in [5, 5.41) is 54.2. The van der Waals surface area contributed by atoms with Crippen LogP contribution in [0.2, 0.25) is 0 Å². The minimum absolute atomic E-state index is 0.552. The number of amidine groups is 3. The first-order chi connectivity index (χ1) is 46.1. The van der Waals surface area contributed by atoms with E-state index in [1.54, 1.807) is 0 Å². The molecule has 93 heavy (non-hydrogen) atoms. The number of aromatic nitrogens is 12. The fourth-order valence-corrected chi connectivity index (χ4v) is 11.2. The molecule has 6 heterocycles. The van der Waals surface area contributed by atoms with Crippen molar-refractivity contribution in [1.82, 2.24) is 77.8 Å². The highest BCUT2D eigenvalue weighted by Crippen LogP contribution is 2.22. The number of tetrazole rings is 3. The van der Waals surface area contributed by atoms with Crippen LogP contribution in [0.4, 0.5) is 0 Å². The molecule has 0 unspecified atom stereocenters. The van der Waals surface area contributed by atoms with Crippen LogP contribution in [0, 0.1) is 0 Å². The van der Waals surface area contributed by atoms with E-state index in [0.717, 1.165) is 130 Å². The third-order valence-electron chi connectivity index (χ3n) is 16.6. The maximum atomic E-state index is 5.78. The van der Waals surface area contributed by atoms with Crippen LogP contribution in [0.1, 0.15) is 230 Å². The van der Waals surface area contributed by atoms with Gasteiger partial charge in [-0.3, -0.25) is 61.9 Å². The van der Waals surface area contributed by atoms with Gasteiger partial charge in [-0.15, -0.1) is 0 Å². The number of unbranched alkanes of at least 4 members (excludes halogenated alkanes) is 27. The van der Waals surface area contributed by atoms with Gasteiger partial charge in [0.2, 0.25) is 0 Å². The number of hydrogen-bond acceptors (Lipinski definition) is 15. The SMILES string of the molecule is CCCCCCCCCCCCOc1ccc(-c2nnn[n-]2)cc1.CCCCCCCCCCCCOc1ccc(-c2nnn[n-]2)cc1.CCCCCCCCCCCCOc1ccc(-c2nnn[n-]2)cc1.c1c(C2=[NH+]CCN2)cc(C2=[NH+]CCN2)cc1C1=[NH+]CCN1. The first kappa shape index (κ1) is 72.3. The van der Waals surface area contributed by atoms with Crippen LogP contribution in [-0.4, -0.2) is 123 Å². The van der Waals surface area contributed by atoms with Crippen molar-refractivity contribution < 1.29 is 29.2 Å². The van der Waals surface area contributed by atoms with Crippen LogP contribution >= 0.6 is 0 Å². The predicted molar refractivity (Wildman–Crippen MR) is 368 cm³/mol. The molecule has 0 atom stereocenters. The van der Waals surface area contributed by atoms with Crippen LogP contribution < -0.4 is 60.4 Å². The lowest BCUT2D eigenvalue weighted by Crippen LogP contribution is -2.71. The molecule has 4 aromatic carbocycles. The molecule has 504 valence electrons. The zero-order chi connectivity index (χ0) is 64.7. The molecule has 0 bridgehead atoms. The number of benzene rings is 4. The molecule has 7 aromatic rings. The molecule has 0 saturated heterocycles. The minimum Gasteiger partial charge on any atom is -0.494 e. The van der Waals surface area contributed by atoms with Gasteiger partial charge in [-0.2, -0.15) is 15.6 Å². The second-order valence-electron chi connectivity index (χ2n) is 24.3. The van der Waals surface area contributed by atoms with Crippen molar-refractivity contribution in [2.45, 2.75) is 213 Å². The molecule has 3 aromatic heterocycles. The van der Waals surface area contributed by atoms with Crippen LogP contribution in [-0.2, 0) is 0 Å². The first-order valence-electron chi connectivity index (χ1n) is 35.6. The summed E-state index contributed by atoms with van der Waals surface area (Å²) in [4.78, 5) is 10.2. The Bertz CT molecular complexity index is 2720. The zero-order valence-electron chi connectivity index (χ0n) is 56.3. The molecule has 0 radical (unpaired) electrons. The largest absolute Gasteiger partial charge is 0.494 e. The second-order valence-corrected chi connectivity index (χ2v) is 24.3. The Kier molecular flexibility index (Phi) is 35.8. The van der Waals surface area contributed by atoms with E-state index in [2.05, 4.69) is 132 Å². The molecule has 21 nitrogen and oxygen atoms in total. The number of nitrogens with zero attached hydrogens (tertiary/aromatic N) is 12. The molecule has 0 spiro atoms. The molecule has 0 fully saturated rings. The highest BCUT2D eigenvalue weighted by Gasteiger charge is 2.25. The average Bonchev–Trinajstić information content (AvgIpc) is 2.06. The fourth-order valence-electron chi connectivity index (χ4n) is 11.2. The number of ether oxygens (including phenoxy) is 3. The highest BCUT2D eigenvalue weighted by atomic mass is 16.5. The van der Waals surface area contributed by atoms with Crippen molar-refractivity contribution in [1.29, 1.82) is 0 Å². The normalized spacial score (nSPS) is 13.0. The van der Waals surface area contributed by atoms with Crippen LogP contribution in [0.25, 0.3) is 34.2 Å². The quantitative estimate of drug-likeness (QED) is 0.0196. The summed E-state index contributed by atoms with van der Waals surface area (Å²) in [7, 11) is 0. The van der Waals surface area contributed by atoms with Gasteiger partial charge in [-0.05, 0) is 90.6 Å². The molecule has 0 aliphatic carbocycles. The van der Waals surface area contributed by atoms with Crippen molar-refractivity contribution in [3.05, 3.63) is 108 Å². The minimum atomic E-state index is 0.552. The van der Waals surface area contributed by atoms with Crippen LogP contribution in [0.15, 0.2) is 91.0 Å². The predicted octanol–water partition coefficient (Wildman–Crippen LogP) is 8.36. The van der Waals surface area contributed by atoms with E-state index in [0.29, 0.717) is 17.5 Å². The molecule has 6 N–H and O–H groups in total. The van der Waals surface area contributed by atoms with Crippen molar-refractivity contribution in [3.63, 3.8) is 0 Å². The van der Waals surface area contributed by atoms with Crippen molar-refractivity contribution in [3.8, 4) is 51.4 Å². The van der Waals surface area contributed by atoms with Crippen molar-refractivity contribution in [2.75, 3.05) is 59.1 Å². The summed E-state index contributed by atoms with van der Waals surface area (Å²) in [6, 6.07) is 30.0. The van der Waals surface area contributed by atoms with Gasteiger partial charge < -0.3 is 29.5 Å². The molecule has 3 aliphatic heterocycles. The van der Waals surface area contributed by atoms with E-state index in [1.165, 1.54) is 190 Å². The molecular formula is C72H108N18O3. The van der Waals surface area contributed by atoms with Gasteiger partial charge in [-0.25, -0.2) is 0 Å². The summed E-state index contributed by atoms with van der Waals surface area (Å²) < 4.78 is 17.3. The second kappa shape index (κ2) is 46.0. The Hall–Kier alpha value is -8.10. The van der Waals surface area contributed by atoms with Gasteiger partial charge in [-0.1, -0.05) is 231 Å². The lowest BCUT2D eigenvalue weighted by Gasteiger charge is -2.07. The molecule has 10 rings (SSSR count). The topological polar surface area (TPSA) is 264 Å². The van der Waals surface area contributed by atoms with Gasteiger partial charge in [0.15, 0.2) is 0 Å². The third kappa shape index (κ3) is 29.2. The van der Waals surface area contributed by atoms with Crippen molar-refractivity contribution in [2.24, 2.45) is 0 Å². The zero-order valence-corrected chi connectivity index (χ0v) is 56.3. The van der Waals surface area contributed by atoms with E-state index in [1.807, 2.05) is 72.8 Å². The molecule has 0 saturated carbocycles. The van der Waals surface area contributed by atoms with Crippen LogP contribution in [0.3, 0.4) is 0 Å². The highest BCUT2D eigenvalue weighted by molar-refractivity contribution is 6.05. The summed E-state index contributed by atoms with van der Waals surface area (Å²) in [5.74, 6) is 7.69. The first-order valence-corrected chi connectivity index (χ1v) is 35.6. The standard InChI is InChI=1S/3C19H29N4O.C15H18N6/c3*1-2-3-4-5-6-7-8-9-10-11-16-24-18-14-12-17(13-15-18)19-20-22-23-21-19;1-2-17-13(16-1)10-7-11(14-18-3-4-19-14)9-12(8-10)15-20-5-6-21-15/h3*12-15H,2-11,16H2,1H3;7-9H,1-6H2,(H,16,17)(H,18,19)(H,20,21)/q3*-1;/p+3. The lowest BCUT2D eigenvalue weighted by atomic mass is 10.0. The number of rotatable bonds is 42. The molecule has 0 amide bonds. The molecule has 21 heteroatoms. The summed E-state index contributed by atoms with van der Waals surface area (Å²) >= 11 is 0. The fraction of sp³-hybridized carbons (Fsp3) is 0.583. The van der Waals surface area contributed by atoms with E-state index in [9.17, 15) is 0 Å². The van der Waals surface area contributed by atoms with Crippen molar-refractivity contribution >= 4 is 17.5 Å². The van der Waals surface area contributed by atoms with E-state index < -0.39 is 0 Å². The Balaban J connectivity index is 0.000000176. The lowest BCUT2D eigenvalue weighted by molar-refractivity contribution is -0.444. The maximum absolute atomic E-state index is 5.78. The monoisotopic (exact) mass is 1270 g/mol. The molecular weight excluding hydrogens is 1160 g/mol. The van der Waals surface area contributed by atoms with E-state index >= 15 is 0 Å². The third-order valence-corrected chi connectivity index (χ3v) is 16.6. The smallest absolute Gasteiger partial charge is 0.275 e. The Morgan fingerprint density at radius 2 is 0.548 bits per heavy atom. The van der Waals surface area contributed by atoms with Gasteiger partial charge >= 0.3 is 0 Å². The van der Waals surface area contributed by atoms with E-state index in [4.69, 9.17) is 14.2 Å². The average molecular weight is 1270 g/mol. The number of hydrogen-bond donors (Lipinski definition) is 6. The van der Waals surface area contributed by atoms with Gasteiger partial charge in [0.1, 0.15) is 56.5 Å². The Morgan fingerprint density at radius 1 is 0.312 bits per heavy atom. The Labute approximate surface area is 553 Å². The summed E-state index contributed by atoms with van der Waals surface area (Å²) in [6.45, 7) is 15.0. The summed E-state index contributed by atoms with van der Waals surface area (Å²) in [6.07, 6.45) is 40.2. The Morgan fingerprint density at radius 3 is 0.753 bits per heavy atom. The summed E-state index contributed by atoms with van der Waals surface area (Å²) in [5.41, 5.74) is 6.33. The van der Waals surface area contributed by atoms with Gasteiger partial charge in [0.25, 0.3) is 17.5 Å². The number of nitrogens with one attached hydrogen (secondary N) is 6.